The van der Waals surface area contributed by atoms with Crippen molar-refractivity contribution in [3.8, 4) is 5.75 Å². The standard InChI is InChI=1S/C19H22N2O4/c1-12(2)15-5-8-17(9-6-15)25-14(4)19(22)20-18-10-7-16(21(23)24)11-13(18)3/h5-12,14H,1-4H3,(H,20,22)/t14-/m0/s1. The molecule has 0 unspecified atom stereocenters. The Balaban J connectivity index is 2.01. The number of nitrogens with one attached hydrogen (secondary N) is 1. The van der Waals surface area contributed by atoms with Crippen LogP contribution < -0.4 is 10.1 Å². The lowest BCUT2D eigenvalue weighted by molar-refractivity contribution is -0.384. The third-order valence-electron chi connectivity index (χ3n) is 3.91. The summed E-state index contributed by atoms with van der Waals surface area (Å²) in [6, 6.07) is 11.9. The van der Waals surface area contributed by atoms with Crippen LogP contribution in [0.5, 0.6) is 5.75 Å². The summed E-state index contributed by atoms with van der Waals surface area (Å²) in [6.07, 6.45) is -0.695. The second-order valence-corrected chi connectivity index (χ2v) is 6.23. The van der Waals surface area contributed by atoms with Gasteiger partial charge in [0.25, 0.3) is 11.6 Å². The van der Waals surface area contributed by atoms with Gasteiger partial charge in [-0.1, -0.05) is 26.0 Å². The van der Waals surface area contributed by atoms with E-state index in [9.17, 15) is 14.9 Å². The molecule has 0 saturated heterocycles. The van der Waals surface area contributed by atoms with Gasteiger partial charge in [-0.05, 0) is 49.1 Å². The fourth-order valence-electron chi connectivity index (χ4n) is 2.32. The van der Waals surface area contributed by atoms with Crippen LogP contribution in [0.15, 0.2) is 42.5 Å². The summed E-state index contributed by atoms with van der Waals surface area (Å²) >= 11 is 0. The predicted octanol–water partition coefficient (Wildman–Crippen LogP) is 4.43. The van der Waals surface area contributed by atoms with Gasteiger partial charge in [0.05, 0.1) is 4.92 Å². The van der Waals surface area contributed by atoms with Crippen molar-refractivity contribution in [3.63, 3.8) is 0 Å². The molecule has 25 heavy (non-hydrogen) atoms. The highest BCUT2D eigenvalue weighted by molar-refractivity contribution is 5.94. The maximum absolute atomic E-state index is 12.3. The summed E-state index contributed by atoms with van der Waals surface area (Å²) in [6.45, 7) is 7.59. The Morgan fingerprint density at radius 3 is 2.28 bits per heavy atom. The molecule has 0 aliphatic carbocycles. The van der Waals surface area contributed by atoms with Crippen LogP contribution in [0.4, 0.5) is 11.4 Å². The van der Waals surface area contributed by atoms with E-state index in [4.69, 9.17) is 4.74 Å². The van der Waals surface area contributed by atoms with E-state index in [-0.39, 0.29) is 11.6 Å². The molecule has 0 spiro atoms. The van der Waals surface area contributed by atoms with Crippen molar-refractivity contribution in [2.75, 3.05) is 5.32 Å². The first-order chi connectivity index (χ1) is 11.8. The van der Waals surface area contributed by atoms with Gasteiger partial charge in [-0.2, -0.15) is 0 Å². The van der Waals surface area contributed by atoms with Crippen LogP contribution in [-0.2, 0) is 4.79 Å². The van der Waals surface area contributed by atoms with Crippen LogP contribution >= 0.6 is 0 Å². The normalized spacial score (nSPS) is 11.9. The van der Waals surface area contributed by atoms with Gasteiger partial charge >= 0.3 is 0 Å². The number of carbonyl (C=O) groups is 1. The second kappa shape index (κ2) is 7.79. The van der Waals surface area contributed by atoms with Crippen LogP contribution in [0.1, 0.15) is 37.8 Å². The molecule has 0 saturated carbocycles. The molecule has 1 atom stereocenters. The number of amides is 1. The zero-order valence-electron chi connectivity index (χ0n) is 14.8. The molecule has 0 fully saturated rings. The average molecular weight is 342 g/mol. The van der Waals surface area contributed by atoms with Gasteiger partial charge < -0.3 is 10.1 Å². The van der Waals surface area contributed by atoms with E-state index in [1.807, 2.05) is 24.3 Å². The van der Waals surface area contributed by atoms with E-state index in [1.54, 1.807) is 13.8 Å². The Bertz CT molecular complexity index is 769. The number of non-ortho nitro benzene ring substituents is 1. The molecule has 6 nitrogen and oxygen atoms in total. The minimum atomic E-state index is -0.695. The lowest BCUT2D eigenvalue weighted by Gasteiger charge is -2.16. The quantitative estimate of drug-likeness (QED) is 0.622. The third kappa shape index (κ3) is 4.79. The topological polar surface area (TPSA) is 81.5 Å². The van der Waals surface area contributed by atoms with Crippen molar-refractivity contribution >= 4 is 17.3 Å². The number of hydrogen-bond donors (Lipinski definition) is 1. The summed E-state index contributed by atoms with van der Waals surface area (Å²) in [4.78, 5) is 22.6. The van der Waals surface area contributed by atoms with Crippen molar-refractivity contribution in [1.82, 2.24) is 0 Å². The Hall–Kier alpha value is -2.89. The van der Waals surface area contributed by atoms with Crippen LogP contribution in [0, 0.1) is 17.0 Å². The highest BCUT2D eigenvalue weighted by Crippen LogP contribution is 2.22. The summed E-state index contributed by atoms with van der Waals surface area (Å²) < 4.78 is 5.66. The van der Waals surface area contributed by atoms with E-state index in [2.05, 4.69) is 19.2 Å². The monoisotopic (exact) mass is 342 g/mol. The first-order valence-corrected chi connectivity index (χ1v) is 8.10. The molecule has 6 heteroatoms. The van der Waals surface area contributed by atoms with E-state index in [0.29, 0.717) is 22.9 Å². The smallest absolute Gasteiger partial charge is 0.269 e. The maximum Gasteiger partial charge on any atom is 0.269 e. The number of nitro groups is 1. The number of hydrogen-bond acceptors (Lipinski definition) is 4. The second-order valence-electron chi connectivity index (χ2n) is 6.23. The molecule has 0 radical (unpaired) electrons. The molecule has 0 aromatic heterocycles. The average Bonchev–Trinajstić information content (AvgIpc) is 2.56. The molecular formula is C19H22N2O4. The molecule has 2 aromatic carbocycles. The highest BCUT2D eigenvalue weighted by atomic mass is 16.6. The molecule has 0 aliphatic heterocycles. The zero-order valence-corrected chi connectivity index (χ0v) is 14.8. The third-order valence-corrected chi connectivity index (χ3v) is 3.91. The Morgan fingerprint density at radius 2 is 1.76 bits per heavy atom. The number of ether oxygens (including phenoxy) is 1. The number of benzene rings is 2. The van der Waals surface area contributed by atoms with Gasteiger partial charge in [0.1, 0.15) is 5.75 Å². The Labute approximate surface area is 147 Å². The van der Waals surface area contributed by atoms with Gasteiger partial charge in [-0.3, -0.25) is 14.9 Å². The number of nitro benzene ring substituents is 1. The first-order valence-electron chi connectivity index (χ1n) is 8.10. The number of anilines is 1. The lowest BCUT2D eigenvalue weighted by Crippen LogP contribution is -2.30. The van der Waals surface area contributed by atoms with Crippen molar-refractivity contribution in [2.24, 2.45) is 0 Å². The van der Waals surface area contributed by atoms with Crippen LogP contribution in [0.25, 0.3) is 0 Å². The lowest BCUT2D eigenvalue weighted by atomic mass is 10.0. The van der Waals surface area contributed by atoms with Gasteiger partial charge in [0.2, 0.25) is 0 Å². The van der Waals surface area contributed by atoms with Crippen LogP contribution in [0.3, 0.4) is 0 Å². The highest BCUT2D eigenvalue weighted by Gasteiger charge is 2.17. The van der Waals surface area contributed by atoms with Crippen LogP contribution in [0.2, 0.25) is 0 Å². The molecule has 132 valence electrons. The first kappa shape index (κ1) is 18.4. The fraction of sp³-hybridized carbons (Fsp3) is 0.316. The minimum absolute atomic E-state index is 0.00922. The fourth-order valence-corrected chi connectivity index (χ4v) is 2.32. The minimum Gasteiger partial charge on any atom is -0.481 e. The molecule has 1 N–H and O–H groups in total. The Kier molecular flexibility index (Phi) is 5.75. The van der Waals surface area contributed by atoms with Gasteiger partial charge in [0, 0.05) is 17.8 Å². The maximum atomic E-state index is 12.3. The van der Waals surface area contributed by atoms with Gasteiger partial charge in [-0.15, -0.1) is 0 Å². The molecule has 0 bridgehead atoms. The summed E-state index contributed by atoms with van der Waals surface area (Å²) in [5.41, 5.74) is 2.34. The van der Waals surface area contributed by atoms with Crippen LogP contribution in [-0.4, -0.2) is 16.9 Å². The molecule has 0 aliphatic rings. The number of rotatable bonds is 6. The van der Waals surface area contributed by atoms with E-state index in [0.717, 1.165) is 0 Å². The largest absolute Gasteiger partial charge is 0.481 e. The molecule has 0 heterocycles. The molecular weight excluding hydrogens is 320 g/mol. The number of aryl methyl sites for hydroxylation is 1. The number of nitrogens with zero attached hydrogens (tertiary/aromatic N) is 1. The molecule has 2 aromatic rings. The summed E-state index contributed by atoms with van der Waals surface area (Å²) in [5.74, 6) is 0.734. The van der Waals surface area contributed by atoms with Gasteiger partial charge in [0.15, 0.2) is 6.10 Å². The molecule has 1 amide bonds. The van der Waals surface area contributed by atoms with Crippen molar-refractivity contribution in [1.29, 1.82) is 0 Å². The van der Waals surface area contributed by atoms with Crippen molar-refractivity contribution in [3.05, 3.63) is 63.7 Å². The predicted molar refractivity (Wildman–Crippen MR) is 97.1 cm³/mol. The van der Waals surface area contributed by atoms with Crippen molar-refractivity contribution in [2.45, 2.75) is 39.7 Å². The van der Waals surface area contributed by atoms with E-state index < -0.39 is 11.0 Å². The van der Waals surface area contributed by atoms with E-state index >= 15 is 0 Å². The Morgan fingerprint density at radius 1 is 1.12 bits per heavy atom. The van der Waals surface area contributed by atoms with Gasteiger partial charge in [-0.25, -0.2) is 0 Å². The zero-order chi connectivity index (χ0) is 18.6. The SMILES string of the molecule is Cc1cc([N+](=O)[O-])ccc1NC(=O)[C@H](C)Oc1ccc(C(C)C)cc1. The van der Waals surface area contributed by atoms with Crippen molar-refractivity contribution < 1.29 is 14.5 Å². The molecule has 2 rings (SSSR count). The summed E-state index contributed by atoms with van der Waals surface area (Å²) in [5, 5.41) is 13.5. The summed E-state index contributed by atoms with van der Waals surface area (Å²) in [7, 11) is 0. The van der Waals surface area contributed by atoms with E-state index in [1.165, 1.54) is 23.8 Å². The number of carbonyl (C=O) groups excluding carboxylic acids is 1.